The minimum absolute atomic E-state index is 0.0464. The molecule has 19 heavy (non-hydrogen) atoms. The first-order valence-corrected chi connectivity index (χ1v) is 8.35. The Morgan fingerprint density at radius 1 is 1.21 bits per heavy atom. The second-order valence-corrected chi connectivity index (χ2v) is 7.20. The number of hydrogen-bond donors (Lipinski definition) is 1. The molecular formula is C14H23NO3S. The van der Waals surface area contributed by atoms with Crippen LogP contribution in [0.15, 0.2) is 24.3 Å². The SMILES string of the molecule is CCOc1ccccc1C(N)CS(=O)(=O)CC(C)C. The van der Waals surface area contributed by atoms with E-state index < -0.39 is 15.9 Å². The smallest absolute Gasteiger partial charge is 0.152 e. The molecule has 0 amide bonds. The van der Waals surface area contributed by atoms with Gasteiger partial charge in [0.2, 0.25) is 0 Å². The molecule has 108 valence electrons. The highest BCUT2D eigenvalue weighted by molar-refractivity contribution is 7.91. The summed E-state index contributed by atoms with van der Waals surface area (Å²) < 4.78 is 29.4. The first-order valence-electron chi connectivity index (χ1n) is 6.53. The van der Waals surface area contributed by atoms with Crippen LogP contribution in [0.4, 0.5) is 0 Å². The summed E-state index contributed by atoms with van der Waals surface area (Å²) in [6.07, 6.45) is 0. The second kappa shape index (κ2) is 6.91. The van der Waals surface area contributed by atoms with Crippen molar-refractivity contribution in [2.45, 2.75) is 26.8 Å². The van der Waals surface area contributed by atoms with E-state index in [1.54, 1.807) is 0 Å². The van der Waals surface area contributed by atoms with Gasteiger partial charge in [0, 0.05) is 11.6 Å². The Morgan fingerprint density at radius 3 is 2.42 bits per heavy atom. The van der Waals surface area contributed by atoms with E-state index in [-0.39, 0.29) is 17.4 Å². The standard InChI is InChI=1S/C14H23NO3S/c1-4-18-14-8-6-5-7-12(14)13(15)10-19(16,17)9-11(2)3/h5-8,11,13H,4,9-10,15H2,1-3H3. The minimum atomic E-state index is -3.14. The van der Waals surface area contributed by atoms with Crippen molar-refractivity contribution in [1.82, 2.24) is 0 Å². The second-order valence-electron chi connectivity index (χ2n) is 5.05. The largest absolute Gasteiger partial charge is 0.494 e. The van der Waals surface area contributed by atoms with Crippen LogP contribution in [-0.2, 0) is 9.84 Å². The Balaban J connectivity index is 2.86. The van der Waals surface area contributed by atoms with Gasteiger partial charge in [0.15, 0.2) is 9.84 Å². The van der Waals surface area contributed by atoms with Gasteiger partial charge in [-0.05, 0) is 18.9 Å². The average Bonchev–Trinajstić information content (AvgIpc) is 2.27. The van der Waals surface area contributed by atoms with Gasteiger partial charge in [-0.15, -0.1) is 0 Å². The third-order valence-electron chi connectivity index (χ3n) is 2.64. The fourth-order valence-corrected chi connectivity index (χ4v) is 3.89. The molecule has 0 radical (unpaired) electrons. The maximum atomic E-state index is 12.0. The minimum Gasteiger partial charge on any atom is -0.494 e. The van der Waals surface area contributed by atoms with Crippen LogP contribution in [0.2, 0.25) is 0 Å². The van der Waals surface area contributed by atoms with Gasteiger partial charge in [-0.1, -0.05) is 32.0 Å². The molecule has 0 aliphatic heterocycles. The predicted octanol–water partition coefficient (Wildman–Crippen LogP) is 2.16. The van der Waals surface area contributed by atoms with Crippen molar-refractivity contribution in [3.05, 3.63) is 29.8 Å². The third kappa shape index (κ3) is 5.20. The Labute approximate surface area is 115 Å². The zero-order valence-corrected chi connectivity index (χ0v) is 12.6. The maximum Gasteiger partial charge on any atom is 0.152 e. The van der Waals surface area contributed by atoms with Crippen molar-refractivity contribution in [3.63, 3.8) is 0 Å². The number of nitrogens with two attached hydrogens (primary N) is 1. The number of sulfone groups is 1. The lowest BCUT2D eigenvalue weighted by Crippen LogP contribution is -2.25. The van der Waals surface area contributed by atoms with Gasteiger partial charge in [0.05, 0.1) is 18.1 Å². The number of benzene rings is 1. The van der Waals surface area contributed by atoms with Crippen LogP contribution in [-0.4, -0.2) is 26.5 Å². The van der Waals surface area contributed by atoms with Crippen molar-refractivity contribution in [3.8, 4) is 5.75 Å². The van der Waals surface area contributed by atoms with E-state index in [9.17, 15) is 8.42 Å². The summed E-state index contributed by atoms with van der Waals surface area (Å²) >= 11 is 0. The Bertz CT molecular complexity index is 497. The summed E-state index contributed by atoms with van der Waals surface area (Å²) in [5.41, 5.74) is 6.78. The zero-order valence-electron chi connectivity index (χ0n) is 11.8. The molecule has 0 bridgehead atoms. The molecule has 0 saturated heterocycles. The highest BCUT2D eigenvalue weighted by Crippen LogP contribution is 2.25. The lowest BCUT2D eigenvalue weighted by molar-refractivity contribution is 0.335. The highest BCUT2D eigenvalue weighted by atomic mass is 32.2. The van der Waals surface area contributed by atoms with Crippen LogP contribution in [0.5, 0.6) is 5.75 Å². The van der Waals surface area contributed by atoms with Crippen LogP contribution < -0.4 is 10.5 Å². The van der Waals surface area contributed by atoms with E-state index in [1.165, 1.54) is 0 Å². The summed E-state index contributed by atoms with van der Waals surface area (Å²) in [6.45, 7) is 6.19. The quantitative estimate of drug-likeness (QED) is 0.833. The lowest BCUT2D eigenvalue weighted by atomic mass is 10.1. The molecule has 1 rings (SSSR count). The average molecular weight is 285 g/mol. The van der Waals surface area contributed by atoms with Crippen molar-refractivity contribution < 1.29 is 13.2 Å². The van der Waals surface area contributed by atoms with Crippen LogP contribution >= 0.6 is 0 Å². The Morgan fingerprint density at radius 2 is 1.84 bits per heavy atom. The molecule has 0 heterocycles. The molecule has 5 heteroatoms. The lowest BCUT2D eigenvalue weighted by Gasteiger charge is -2.17. The Hall–Kier alpha value is -1.07. The fourth-order valence-electron chi connectivity index (χ4n) is 2.01. The molecule has 0 aliphatic rings. The molecule has 0 spiro atoms. The van der Waals surface area contributed by atoms with E-state index in [1.807, 2.05) is 45.0 Å². The van der Waals surface area contributed by atoms with Crippen LogP contribution in [0.25, 0.3) is 0 Å². The molecule has 4 nitrogen and oxygen atoms in total. The van der Waals surface area contributed by atoms with Gasteiger partial charge >= 0.3 is 0 Å². The van der Waals surface area contributed by atoms with Crippen molar-refractivity contribution >= 4 is 9.84 Å². The van der Waals surface area contributed by atoms with Gasteiger partial charge in [0.1, 0.15) is 5.75 Å². The normalized spacial score (nSPS) is 13.5. The first-order chi connectivity index (χ1) is 8.85. The number of para-hydroxylation sites is 1. The van der Waals surface area contributed by atoms with Crippen LogP contribution in [0.3, 0.4) is 0 Å². The summed E-state index contributed by atoms with van der Waals surface area (Å²) in [4.78, 5) is 0. The predicted molar refractivity (Wildman–Crippen MR) is 78.0 cm³/mol. The molecule has 1 aromatic carbocycles. The van der Waals surface area contributed by atoms with Gasteiger partial charge in [-0.25, -0.2) is 8.42 Å². The molecule has 1 atom stereocenters. The van der Waals surface area contributed by atoms with Crippen molar-refractivity contribution in [2.24, 2.45) is 11.7 Å². The van der Waals surface area contributed by atoms with E-state index in [0.29, 0.717) is 12.4 Å². The van der Waals surface area contributed by atoms with E-state index >= 15 is 0 Å². The van der Waals surface area contributed by atoms with Gasteiger partial charge in [-0.3, -0.25) is 0 Å². The monoisotopic (exact) mass is 285 g/mol. The molecule has 1 unspecified atom stereocenters. The summed E-state index contributed by atoms with van der Waals surface area (Å²) in [5.74, 6) is 0.892. The van der Waals surface area contributed by atoms with Gasteiger partial charge < -0.3 is 10.5 Å². The van der Waals surface area contributed by atoms with E-state index in [4.69, 9.17) is 10.5 Å². The molecule has 2 N–H and O–H groups in total. The first kappa shape index (κ1) is 16.0. The topological polar surface area (TPSA) is 69.4 Å². The fraction of sp³-hybridized carbons (Fsp3) is 0.571. The summed E-state index contributed by atoms with van der Waals surface area (Å²) in [7, 11) is -3.14. The van der Waals surface area contributed by atoms with Crippen molar-refractivity contribution in [2.75, 3.05) is 18.1 Å². The van der Waals surface area contributed by atoms with Gasteiger partial charge in [-0.2, -0.15) is 0 Å². The van der Waals surface area contributed by atoms with Crippen LogP contribution in [0.1, 0.15) is 32.4 Å². The molecule has 1 aromatic rings. The third-order valence-corrected chi connectivity index (χ3v) is 4.68. The van der Waals surface area contributed by atoms with E-state index in [2.05, 4.69) is 0 Å². The Kier molecular flexibility index (Phi) is 5.82. The molecule has 0 aliphatic carbocycles. The maximum absolute atomic E-state index is 12.0. The number of hydrogen-bond acceptors (Lipinski definition) is 4. The summed E-state index contributed by atoms with van der Waals surface area (Å²) in [6, 6.07) is 6.77. The zero-order chi connectivity index (χ0) is 14.5. The molecule has 0 aromatic heterocycles. The summed E-state index contributed by atoms with van der Waals surface area (Å²) in [5, 5.41) is 0. The molecular weight excluding hydrogens is 262 g/mol. The van der Waals surface area contributed by atoms with Crippen LogP contribution in [0, 0.1) is 5.92 Å². The van der Waals surface area contributed by atoms with Gasteiger partial charge in [0.25, 0.3) is 0 Å². The molecule has 0 fully saturated rings. The molecule has 0 saturated carbocycles. The highest BCUT2D eigenvalue weighted by Gasteiger charge is 2.21. The van der Waals surface area contributed by atoms with Crippen molar-refractivity contribution in [1.29, 1.82) is 0 Å². The number of ether oxygens (including phenoxy) is 1. The number of rotatable bonds is 7. The van der Waals surface area contributed by atoms with E-state index in [0.717, 1.165) is 5.56 Å².